The number of hydrogen-bond acceptors (Lipinski definition) is 2. The predicted molar refractivity (Wildman–Crippen MR) is 40.7 cm³/mol. The van der Waals surface area contributed by atoms with Crippen LogP contribution in [-0.2, 0) is 6.18 Å². The minimum Gasteiger partial charge on any atom is -0.288 e. The number of halogens is 4. The third-order valence-electron chi connectivity index (χ3n) is 1.63. The molecule has 1 amide bonds. The number of carbonyl (C=O) groups is 1. The van der Waals surface area contributed by atoms with Crippen LogP contribution in [0, 0.1) is 5.82 Å². The fourth-order valence-corrected chi connectivity index (χ4v) is 1.01. The summed E-state index contributed by atoms with van der Waals surface area (Å²) in [6, 6.07) is 1.52. The standard InChI is InChI=1S/C8H5F4NO2/c9-4-1-2-5(7(14)13-15)6(3-4)8(10,11)12/h1-3,15H,(H,13,14). The molecule has 0 bridgehead atoms. The van der Waals surface area contributed by atoms with Crippen molar-refractivity contribution in [2.75, 3.05) is 0 Å². The van der Waals surface area contributed by atoms with E-state index in [9.17, 15) is 22.4 Å². The molecular formula is C8H5F4NO2. The maximum absolute atomic E-state index is 12.6. The largest absolute Gasteiger partial charge is 0.417 e. The van der Waals surface area contributed by atoms with E-state index in [-0.39, 0.29) is 6.07 Å². The minimum atomic E-state index is -4.86. The van der Waals surface area contributed by atoms with E-state index >= 15 is 0 Å². The van der Waals surface area contributed by atoms with E-state index in [2.05, 4.69) is 0 Å². The van der Waals surface area contributed by atoms with Crippen LogP contribution in [0.1, 0.15) is 15.9 Å². The molecule has 1 rings (SSSR count). The number of hydroxylamine groups is 1. The Balaban J connectivity index is 3.33. The monoisotopic (exact) mass is 223 g/mol. The van der Waals surface area contributed by atoms with Gasteiger partial charge in [0.15, 0.2) is 0 Å². The van der Waals surface area contributed by atoms with Crippen molar-refractivity contribution in [2.45, 2.75) is 6.18 Å². The highest BCUT2D eigenvalue weighted by atomic mass is 19.4. The fourth-order valence-electron chi connectivity index (χ4n) is 1.01. The Morgan fingerprint density at radius 1 is 1.33 bits per heavy atom. The molecule has 3 nitrogen and oxygen atoms in total. The summed E-state index contributed by atoms with van der Waals surface area (Å²) in [6.45, 7) is 0. The van der Waals surface area contributed by atoms with Crippen LogP contribution in [0.3, 0.4) is 0 Å². The van der Waals surface area contributed by atoms with Gasteiger partial charge in [0, 0.05) is 0 Å². The Hall–Kier alpha value is -1.63. The lowest BCUT2D eigenvalue weighted by Crippen LogP contribution is -2.23. The van der Waals surface area contributed by atoms with E-state index in [0.717, 1.165) is 5.48 Å². The molecular weight excluding hydrogens is 218 g/mol. The molecule has 1 aromatic rings. The van der Waals surface area contributed by atoms with Crippen molar-refractivity contribution in [2.24, 2.45) is 0 Å². The second kappa shape index (κ2) is 3.85. The summed E-state index contributed by atoms with van der Waals surface area (Å²) in [6.07, 6.45) is -4.86. The summed E-state index contributed by atoms with van der Waals surface area (Å²) >= 11 is 0. The molecule has 0 fully saturated rings. The molecule has 0 radical (unpaired) electrons. The van der Waals surface area contributed by atoms with Gasteiger partial charge in [0.25, 0.3) is 5.91 Å². The van der Waals surface area contributed by atoms with Crippen LogP contribution in [0.15, 0.2) is 18.2 Å². The van der Waals surface area contributed by atoms with E-state index < -0.39 is 29.0 Å². The Morgan fingerprint density at radius 2 is 1.93 bits per heavy atom. The Labute approximate surface area is 81.3 Å². The normalized spacial score (nSPS) is 11.3. The number of rotatable bonds is 1. The Morgan fingerprint density at radius 3 is 2.40 bits per heavy atom. The number of alkyl halides is 3. The van der Waals surface area contributed by atoms with Crippen molar-refractivity contribution in [3.05, 3.63) is 35.1 Å². The molecule has 7 heteroatoms. The summed E-state index contributed by atoms with van der Waals surface area (Å²) in [7, 11) is 0. The molecule has 0 saturated heterocycles. The number of hydrogen-bond donors (Lipinski definition) is 2. The van der Waals surface area contributed by atoms with Crippen LogP contribution >= 0.6 is 0 Å². The van der Waals surface area contributed by atoms with Crippen molar-refractivity contribution in [3.63, 3.8) is 0 Å². The van der Waals surface area contributed by atoms with Gasteiger partial charge in [-0.3, -0.25) is 10.0 Å². The third kappa shape index (κ3) is 2.44. The van der Waals surface area contributed by atoms with Crippen molar-refractivity contribution < 1.29 is 27.6 Å². The number of carbonyl (C=O) groups excluding carboxylic acids is 1. The maximum atomic E-state index is 12.6. The average Bonchev–Trinajstić information content (AvgIpc) is 2.15. The SMILES string of the molecule is O=C(NO)c1ccc(F)cc1C(F)(F)F. The molecule has 0 aliphatic rings. The van der Waals surface area contributed by atoms with Crippen molar-refractivity contribution >= 4 is 5.91 Å². The summed E-state index contributed by atoms with van der Waals surface area (Å²) in [5.74, 6) is -2.46. The molecule has 0 aromatic heterocycles. The Bertz CT molecular complexity index is 389. The van der Waals surface area contributed by atoms with Gasteiger partial charge in [-0.1, -0.05) is 0 Å². The lowest BCUT2D eigenvalue weighted by atomic mass is 10.1. The Kier molecular flexibility index (Phi) is 2.94. The highest BCUT2D eigenvalue weighted by Crippen LogP contribution is 2.32. The van der Waals surface area contributed by atoms with E-state index in [0.29, 0.717) is 12.1 Å². The zero-order valence-corrected chi connectivity index (χ0v) is 7.10. The number of benzene rings is 1. The molecule has 1 aromatic carbocycles. The van der Waals surface area contributed by atoms with Crippen molar-refractivity contribution in [1.82, 2.24) is 5.48 Å². The van der Waals surface area contributed by atoms with Crippen molar-refractivity contribution in [3.8, 4) is 0 Å². The molecule has 0 unspecified atom stereocenters. The molecule has 0 heterocycles. The van der Waals surface area contributed by atoms with Gasteiger partial charge in [-0.2, -0.15) is 13.2 Å². The average molecular weight is 223 g/mol. The van der Waals surface area contributed by atoms with E-state index in [1.165, 1.54) is 0 Å². The lowest BCUT2D eigenvalue weighted by molar-refractivity contribution is -0.138. The first-order valence-electron chi connectivity index (χ1n) is 3.67. The zero-order chi connectivity index (χ0) is 11.6. The summed E-state index contributed by atoms with van der Waals surface area (Å²) in [5, 5.41) is 8.19. The van der Waals surface area contributed by atoms with E-state index in [1.807, 2.05) is 0 Å². The van der Waals surface area contributed by atoms with Crippen LogP contribution in [0.5, 0.6) is 0 Å². The second-order valence-corrected chi connectivity index (χ2v) is 2.63. The van der Waals surface area contributed by atoms with Crippen LogP contribution in [0.25, 0.3) is 0 Å². The highest BCUT2D eigenvalue weighted by Gasteiger charge is 2.35. The van der Waals surface area contributed by atoms with Gasteiger partial charge < -0.3 is 0 Å². The first kappa shape index (κ1) is 11.4. The number of nitrogens with one attached hydrogen (secondary N) is 1. The molecule has 0 aliphatic heterocycles. The van der Waals surface area contributed by atoms with Crippen LogP contribution in [-0.4, -0.2) is 11.1 Å². The van der Waals surface area contributed by atoms with Crippen LogP contribution in [0.2, 0.25) is 0 Å². The van der Waals surface area contributed by atoms with Gasteiger partial charge in [-0.15, -0.1) is 0 Å². The van der Waals surface area contributed by atoms with Gasteiger partial charge in [0.05, 0.1) is 11.1 Å². The van der Waals surface area contributed by atoms with Crippen molar-refractivity contribution in [1.29, 1.82) is 0 Å². The summed E-state index contributed by atoms with van der Waals surface area (Å²) < 4.78 is 49.4. The highest BCUT2D eigenvalue weighted by molar-refractivity contribution is 5.95. The molecule has 82 valence electrons. The molecule has 15 heavy (non-hydrogen) atoms. The first-order chi connectivity index (χ1) is 6.86. The van der Waals surface area contributed by atoms with Gasteiger partial charge in [-0.05, 0) is 18.2 Å². The fraction of sp³-hybridized carbons (Fsp3) is 0.125. The van der Waals surface area contributed by atoms with Gasteiger partial charge in [-0.25, -0.2) is 9.87 Å². The van der Waals surface area contributed by atoms with Crippen LogP contribution in [0.4, 0.5) is 17.6 Å². The maximum Gasteiger partial charge on any atom is 0.417 e. The van der Waals surface area contributed by atoms with E-state index in [4.69, 9.17) is 5.21 Å². The smallest absolute Gasteiger partial charge is 0.288 e. The quantitative estimate of drug-likeness (QED) is 0.434. The first-order valence-corrected chi connectivity index (χ1v) is 3.67. The summed E-state index contributed by atoms with van der Waals surface area (Å²) in [5.41, 5.74) is -1.23. The topological polar surface area (TPSA) is 49.3 Å². The van der Waals surface area contributed by atoms with Gasteiger partial charge in [0.1, 0.15) is 5.82 Å². The molecule has 2 N–H and O–H groups in total. The molecule has 0 atom stereocenters. The molecule has 0 spiro atoms. The van der Waals surface area contributed by atoms with Gasteiger partial charge >= 0.3 is 6.18 Å². The van der Waals surface area contributed by atoms with Gasteiger partial charge in [0.2, 0.25) is 0 Å². The number of amides is 1. The minimum absolute atomic E-state index is 0.185. The van der Waals surface area contributed by atoms with Crippen LogP contribution < -0.4 is 5.48 Å². The summed E-state index contributed by atoms with van der Waals surface area (Å²) in [4.78, 5) is 10.8. The second-order valence-electron chi connectivity index (χ2n) is 2.63. The molecule has 0 aliphatic carbocycles. The predicted octanol–water partition coefficient (Wildman–Crippen LogP) is 1.96. The van der Waals surface area contributed by atoms with E-state index in [1.54, 1.807) is 0 Å². The third-order valence-corrected chi connectivity index (χ3v) is 1.63. The zero-order valence-electron chi connectivity index (χ0n) is 7.10. The molecule has 0 saturated carbocycles. The lowest BCUT2D eigenvalue weighted by Gasteiger charge is -2.11.